The van der Waals surface area contributed by atoms with E-state index in [9.17, 15) is 8.78 Å². The molecule has 11 heavy (non-hydrogen) atoms. The van der Waals surface area contributed by atoms with Crippen LogP contribution in [0.4, 0.5) is 8.78 Å². The summed E-state index contributed by atoms with van der Waals surface area (Å²) < 4.78 is 23.5. The van der Waals surface area contributed by atoms with E-state index in [4.69, 9.17) is 0 Å². The van der Waals surface area contributed by atoms with E-state index in [-0.39, 0.29) is 6.54 Å². The molecule has 64 valence electrons. The fourth-order valence-electron chi connectivity index (χ4n) is 2.20. The molecule has 2 fully saturated rings. The van der Waals surface area contributed by atoms with E-state index in [1.807, 2.05) is 0 Å². The molecule has 2 rings (SSSR count). The van der Waals surface area contributed by atoms with Crippen LogP contribution in [0, 0.1) is 11.8 Å². The van der Waals surface area contributed by atoms with Gasteiger partial charge in [-0.1, -0.05) is 0 Å². The Morgan fingerprint density at radius 1 is 1.36 bits per heavy atom. The Balaban J connectivity index is 1.70. The summed E-state index contributed by atoms with van der Waals surface area (Å²) in [5.74, 6) is 1.62. The fraction of sp³-hybridized carbons (Fsp3) is 1.00. The molecule has 0 saturated heterocycles. The van der Waals surface area contributed by atoms with E-state index in [1.165, 1.54) is 12.8 Å². The Bertz CT molecular complexity index is 149. The van der Waals surface area contributed by atoms with E-state index in [0.717, 1.165) is 18.3 Å². The van der Waals surface area contributed by atoms with Crippen molar-refractivity contribution in [3.63, 3.8) is 0 Å². The van der Waals surface area contributed by atoms with E-state index >= 15 is 0 Å². The third kappa shape index (κ3) is 1.53. The Morgan fingerprint density at radius 2 is 2.18 bits per heavy atom. The van der Waals surface area contributed by atoms with Gasteiger partial charge in [0.15, 0.2) is 0 Å². The second kappa shape index (κ2) is 2.70. The summed E-state index contributed by atoms with van der Waals surface area (Å²) in [6, 6.07) is 0.411. The van der Waals surface area contributed by atoms with Crippen molar-refractivity contribution in [2.45, 2.75) is 31.7 Å². The first-order chi connectivity index (χ1) is 5.27. The molecular formula is C8H13F2N. The van der Waals surface area contributed by atoms with Crippen molar-refractivity contribution >= 4 is 0 Å². The SMILES string of the molecule is FC(F)CNC1CC[C@@H]2C[C@H]12. The highest BCUT2D eigenvalue weighted by Crippen LogP contribution is 2.51. The van der Waals surface area contributed by atoms with Gasteiger partial charge in [-0.2, -0.15) is 0 Å². The van der Waals surface area contributed by atoms with Crippen molar-refractivity contribution < 1.29 is 8.78 Å². The standard InChI is InChI=1S/C8H13F2N/c9-8(10)4-11-7-2-1-5-3-6(5)7/h5-8,11H,1-4H2/t5-,6+,7?/m1/s1. The zero-order valence-electron chi connectivity index (χ0n) is 6.39. The molecule has 0 radical (unpaired) electrons. The molecular weight excluding hydrogens is 148 g/mol. The monoisotopic (exact) mass is 161 g/mol. The molecule has 0 bridgehead atoms. The normalized spacial score (nSPS) is 41.2. The van der Waals surface area contributed by atoms with E-state index in [2.05, 4.69) is 5.32 Å². The predicted molar refractivity (Wildman–Crippen MR) is 38.6 cm³/mol. The van der Waals surface area contributed by atoms with Crippen molar-refractivity contribution in [1.29, 1.82) is 0 Å². The van der Waals surface area contributed by atoms with Gasteiger partial charge >= 0.3 is 0 Å². The Hall–Kier alpha value is -0.180. The van der Waals surface area contributed by atoms with Crippen LogP contribution in [0.5, 0.6) is 0 Å². The Kier molecular flexibility index (Phi) is 1.83. The molecule has 0 aromatic heterocycles. The highest BCUT2D eigenvalue weighted by atomic mass is 19.3. The second-order valence-electron chi connectivity index (χ2n) is 3.64. The first-order valence-electron chi connectivity index (χ1n) is 4.29. The summed E-state index contributed by atoms with van der Waals surface area (Å²) in [4.78, 5) is 0. The smallest absolute Gasteiger partial charge is 0.250 e. The lowest BCUT2D eigenvalue weighted by Gasteiger charge is -2.12. The molecule has 2 aliphatic rings. The highest BCUT2D eigenvalue weighted by Gasteiger charge is 2.47. The van der Waals surface area contributed by atoms with Crippen LogP contribution in [0.1, 0.15) is 19.3 Å². The Labute approximate surface area is 65.2 Å². The molecule has 1 N–H and O–H groups in total. The number of rotatable bonds is 3. The van der Waals surface area contributed by atoms with Crippen molar-refractivity contribution in [2.75, 3.05) is 6.54 Å². The molecule has 3 atom stereocenters. The number of hydrogen-bond donors (Lipinski definition) is 1. The number of fused-ring (bicyclic) bond motifs is 1. The minimum absolute atomic E-state index is 0.117. The molecule has 0 heterocycles. The van der Waals surface area contributed by atoms with Crippen molar-refractivity contribution in [2.24, 2.45) is 11.8 Å². The van der Waals surface area contributed by atoms with Crippen molar-refractivity contribution in [3.05, 3.63) is 0 Å². The third-order valence-corrected chi connectivity index (χ3v) is 2.88. The van der Waals surface area contributed by atoms with Gasteiger partial charge in [0.2, 0.25) is 0 Å². The summed E-state index contributed by atoms with van der Waals surface area (Å²) in [6.45, 7) is -0.117. The van der Waals surface area contributed by atoms with E-state index in [0.29, 0.717) is 6.04 Å². The third-order valence-electron chi connectivity index (χ3n) is 2.88. The zero-order valence-corrected chi connectivity index (χ0v) is 6.39. The number of alkyl halides is 2. The Morgan fingerprint density at radius 3 is 2.64 bits per heavy atom. The van der Waals surface area contributed by atoms with Gasteiger partial charge in [-0.15, -0.1) is 0 Å². The lowest BCUT2D eigenvalue weighted by atomic mass is 10.2. The molecule has 0 aromatic rings. The molecule has 0 amide bonds. The topological polar surface area (TPSA) is 12.0 Å². The minimum Gasteiger partial charge on any atom is -0.308 e. The largest absolute Gasteiger partial charge is 0.308 e. The van der Waals surface area contributed by atoms with Crippen LogP contribution in [0.3, 0.4) is 0 Å². The molecule has 0 spiro atoms. The molecule has 1 unspecified atom stereocenters. The maximum Gasteiger partial charge on any atom is 0.250 e. The predicted octanol–water partition coefficient (Wildman–Crippen LogP) is 1.64. The van der Waals surface area contributed by atoms with Gasteiger partial charge in [0.25, 0.3) is 6.43 Å². The first-order valence-corrected chi connectivity index (χ1v) is 4.29. The molecule has 0 aromatic carbocycles. The first kappa shape index (κ1) is 7.47. The van der Waals surface area contributed by atoms with Crippen molar-refractivity contribution in [3.8, 4) is 0 Å². The fourth-order valence-corrected chi connectivity index (χ4v) is 2.20. The van der Waals surface area contributed by atoms with Crippen LogP contribution in [0.15, 0.2) is 0 Å². The maximum absolute atomic E-state index is 11.8. The number of nitrogens with one attached hydrogen (secondary N) is 1. The van der Waals surface area contributed by atoms with Gasteiger partial charge in [0, 0.05) is 6.04 Å². The molecule has 2 saturated carbocycles. The van der Waals surface area contributed by atoms with Crippen LogP contribution < -0.4 is 5.32 Å². The average molecular weight is 161 g/mol. The van der Waals surface area contributed by atoms with Crippen LogP contribution in [-0.4, -0.2) is 19.0 Å². The lowest BCUT2D eigenvalue weighted by Crippen LogP contribution is -2.32. The maximum atomic E-state index is 11.8. The van der Waals surface area contributed by atoms with Crippen LogP contribution in [0.2, 0.25) is 0 Å². The second-order valence-corrected chi connectivity index (χ2v) is 3.64. The van der Waals surface area contributed by atoms with Gasteiger partial charge in [0.1, 0.15) is 0 Å². The quantitative estimate of drug-likeness (QED) is 0.663. The summed E-state index contributed by atoms with van der Waals surface area (Å²) in [7, 11) is 0. The number of hydrogen-bond acceptors (Lipinski definition) is 1. The highest BCUT2D eigenvalue weighted by molar-refractivity contribution is 5.01. The molecule has 2 aliphatic carbocycles. The van der Waals surface area contributed by atoms with Gasteiger partial charge in [0.05, 0.1) is 6.54 Å². The summed E-state index contributed by atoms with van der Waals surface area (Å²) >= 11 is 0. The van der Waals surface area contributed by atoms with Crippen LogP contribution >= 0.6 is 0 Å². The lowest BCUT2D eigenvalue weighted by molar-refractivity contribution is 0.140. The van der Waals surface area contributed by atoms with E-state index < -0.39 is 6.43 Å². The minimum atomic E-state index is -2.19. The zero-order chi connectivity index (χ0) is 7.84. The molecule has 3 heteroatoms. The van der Waals surface area contributed by atoms with Gasteiger partial charge < -0.3 is 5.32 Å². The molecule has 0 aliphatic heterocycles. The average Bonchev–Trinajstić information content (AvgIpc) is 2.62. The number of halogens is 2. The van der Waals surface area contributed by atoms with Gasteiger partial charge in [-0.25, -0.2) is 8.78 Å². The molecule has 1 nitrogen and oxygen atoms in total. The van der Waals surface area contributed by atoms with E-state index in [1.54, 1.807) is 0 Å². The summed E-state index contributed by atoms with van der Waals surface area (Å²) in [6.07, 6.45) is 1.46. The van der Waals surface area contributed by atoms with Crippen molar-refractivity contribution in [1.82, 2.24) is 5.32 Å². The van der Waals surface area contributed by atoms with Gasteiger partial charge in [-0.3, -0.25) is 0 Å². The van der Waals surface area contributed by atoms with Crippen LogP contribution in [0.25, 0.3) is 0 Å². The summed E-state index contributed by atoms with van der Waals surface area (Å²) in [5.41, 5.74) is 0. The van der Waals surface area contributed by atoms with Crippen LogP contribution in [-0.2, 0) is 0 Å². The summed E-state index contributed by atoms with van der Waals surface area (Å²) in [5, 5.41) is 2.92. The van der Waals surface area contributed by atoms with Gasteiger partial charge in [-0.05, 0) is 31.1 Å².